The van der Waals surface area contributed by atoms with Crippen LogP contribution in [-0.2, 0) is 9.53 Å². The summed E-state index contributed by atoms with van der Waals surface area (Å²) in [6.45, 7) is 6.52. The lowest BCUT2D eigenvalue weighted by Gasteiger charge is -2.60. The Morgan fingerprint density at radius 3 is 2.70 bits per heavy atom. The van der Waals surface area contributed by atoms with E-state index < -0.39 is 0 Å². The Bertz CT molecular complexity index is 536. The van der Waals surface area contributed by atoms with Gasteiger partial charge in [0.1, 0.15) is 5.76 Å². The molecule has 0 amide bonds. The van der Waals surface area contributed by atoms with Crippen molar-refractivity contribution in [2.75, 3.05) is 0 Å². The summed E-state index contributed by atoms with van der Waals surface area (Å²) in [6, 6.07) is 0. The standard InChI is InChI=1S/C21H32O2/c1-14(22)23-19-10-9-17-16-8-7-15-6-4-5-12-20(15,2)18(16)11-13-21(17,19)3/h10,15-18H,4-9,11-13H2,1-3H3/t15-,16+,17-,18-,20+,21+/m1/s1. The molecule has 3 fully saturated rings. The van der Waals surface area contributed by atoms with Gasteiger partial charge in [-0.2, -0.15) is 0 Å². The largest absolute Gasteiger partial charge is 0.431 e. The van der Waals surface area contributed by atoms with Crippen molar-refractivity contribution in [2.45, 2.75) is 78.6 Å². The van der Waals surface area contributed by atoms with Crippen LogP contribution in [0.25, 0.3) is 0 Å². The van der Waals surface area contributed by atoms with Gasteiger partial charge in [-0.25, -0.2) is 0 Å². The average Bonchev–Trinajstić information content (AvgIpc) is 2.83. The minimum absolute atomic E-state index is 0.116. The first kappa shape index (κ1) is 15.7. The summed E-state index contributed by atoms with van der Waals surface area (Å²) in [6.07, 6.45) is 14.6. The van der Waals surface area contributed by atoms with Crippen LogP contribution in [-0.4, -0.2) is 5.97 Å². The molecule has 6 atom stereocenters. The van der Waals surface area contributed by atoms with Crippen molar-refractivity contribution in [1.82, 2.24) is 0 Å². The summed E-state index contributed by atoms with van der Waals surface area (Å²) in [5, 5.41) is 0. The number of hydrogen-bond acceptors (Lipinski definition) is 2. The zero-order chi connectivity index (χ0) is 16.2. The lowest BCUT2D eigenvalue weighted by Crippen LogP contribution is -2.52. The fraction of sp³-hybridized carbons (Fsp3) is 0.857. The summed E-state index contributed by atoms with van der Waals surface area (Å²) >= 11 is 0. The average molecular weight is 316 g/mol. The molecule has 0 radical (unpaired) electrons. The third-order valence-corrected chi connectivity index (χ3v) is 8.35. The second kappa shape index (κ2) is 5.36. The highest BCUT2D eigenvalue weighted by Gasteiger charge is 2.58. The highest BCUT2D eigenvalue weighted by Crippen LogP contribution is 2.66. The van der Waals surface area contributed by atoms with Crippen molar-refractivity contribution >= 4 is 5.97 Å². The SMILES string of the molecule is CC(=O)OC1=CC[C@@H]2[C@@H]3CC[C@H]4CCCC[C@]4(C)[C@@H]3CC[C@]12C. The molecule has 0 heterocycles. The Hall–Kier alpha value is -0.790. The monoisotopic (exact) mass is 316 g/mol. The Morgan fingerprint density at radius 1 is 1.09 bits per heavy atom. The van der Waals surface area contributed by atoms with Crippen molar-refractivity contribution < 1.29 is 9.53 Å². The van der Waals surface area contributed by atoms with E-state index in [1.165, 1.54) is 58.3 Å². The van der Waals surface area contributed by atoms with Gasteiger partial charge in [-0.3, -0.25) is 4.79 Å². The summed E-state index contributed by atoms with van der Waals surface area (Å²) in [5.41, 5.74) is 0.706. The van der Waals surface area contributed by atoms with E-state index in [-0.39, 0.29) is 11.4 Å². The Balaban J connectivity index is 1.60. The predicted molar refractivity (Wildman–Crippen MR) is 91.6 cm³/mol. The maximum Gasteiger partial charge on any atom is 0.307 e. The molecule has 4 aliphatic carbocycles. The minimum atomic E-state index is -0.150. The van der Waals surface area contributed by atoms with Gasteiger partial charge in [0.2, 0.25) is 0 Å². The number of fused-ring (bicyclic) bond motifs is 5. The molecule has 23 heavy (non-hydrogen) atoms. The van der Waals surface area contributed by atoms with Crippen LogP contribution in [0.3, 0.4) is 0 Å². The van der Waals surface area contributed by atoms with E-state index in [1.807, 2.05) is 0 Å². The normalized spacial score (nSPS) is 48.7. The van der Waals surface area contributed by atoms with Crippen LogP contribution in [0.1, 0.15) is 78.6 Å². The van der Waals surface area contributed by atoms with Crippen LogP contribution >= 0.6 is 0 Å². The summed E-state index contributed by atoms with van der Waals surface area (Å²) in [4.78, 5) is 11.5. The molecule has 0 bridgehead atoms. The molecule has 4 aliphatic rings. The van der Waals surface area contributed by atoms with Crippen molar-refractivity contribution in [1.29, 1.82) is 0 Å². The van der Waals surface area contributed by atoms with Gasteiger partial charge >= 0.3 is 5.97 Å². The van der Waals surface area contributed by atoms with E-state index >= 15 is 0 Å². The maximum atomic E-state index is 11.5. The van der Waals surface area contributed by atoms with Gasteiger partial charge in [0.05, 0.1) is 0 Å². The Morgan fingerprint density at radius 2 is 1.91 bits per heavy atom. The molecule has 0 aromatic heterocycles. The van der Waals surface area contributed by atoms with Crippen LogP contribution < -0.4 is 0 Å². The quantitative estimate of drug-likeness (QED) is 0.599. The molecule has 2 nitrogen and oxygen atoms in total. The van der Waals surface area contributed by atoms with Gasteiger partial charge in [-0.05, 0) is 80.1 Å². The zero-order valence-corrected chi connectivity index (χ0v) is 15.1. The molecule has 2 heteroatoms. The highest BCUT2D eigenvalue weighted by molar-refractivity contribution is 5.67. The van der Waals surface area contributed by atoms with Crippen LogP contribution in [0.5, 0.6) is 0 Å². The molecule has 0 aromatic rings. The molecule has 3 saturated carbocycles. The maximum absolute atomic E-state index is 11.5. The van der Waals surface area contributed by atoms with Gasteiger partial charge in [0.25, 0.3) is 0 Å². The van der Waals surface area contributed by atoms with E-state index in [2.05, 4.69) is 19.9 Å². The number of esters is 1. The van der Waals surface area contributed by atoms with E-state index in [0.717, 1.165) is 29.9 Å². The zero-order valence-electron chi connectivity index (χ0n) is 15.1. The molecular formula is C21H32O2. The first-order valence-corrected chi connectivity index (χ1v) is 9.84. The number of hydrogen-bond donors (Lipinski definition) is 0. The number of carbonyl (C=O) groups excluding carboxylic acids is 1. The van der Waals surface area contributed by atoms with Gasteiger partial charge in [-0.1, -0.05) is 26.7 Å². The first-order valence-electron chi connectivity index (χ1n) is 9.84. The molecule has 0 aliphatic heterocycles. The van der Waals surface area contributed by atoms with Crippen LogP contribution in [0.4, 0.5) is 0 Å². The highest BCUT2D eigenvalue weighted by atomic mass is 16.5. The number of allylic oxidation sites excluding steroid dienone is 2. The van der Waals surface area contributed by atoms with E-state index in [0.29, 0.717) is 11.3 Å². The smallest absolute Gasteiger partial charge is 0.307 e. The van der Waals surface area contributed by atoms with E-state index in [1.54, 1.807) is 0 Å². The lowest BCUT2D eigenvalue weighted by molar-refractivity contribution is -0.142. The van der Waals surface area contributed by atoms with Crippen molar-refractivity contribution in [2.24, 2.45) is 34.5 Å². The Kier molecular flexibility index (Phi) is 3.66. The molecule has 0 unspecified atom stereocenters. The summed E-state index contributed by atoms with van der Waals surface area (Å²) < 4.78 is 5.62. The lowest BCUT2D eigenvalue weighted by atomic mass is 9.45. The Labute approximate surface area is 141 Å². The third kappa shape index (κ3) is 2.23. The summed E-state index contributed by atoms with van der Waals surface area (Å²) in [5.74, 6) is 4.27. The number of ether oxygens (including phenoxy) is 1. The first-order chi connectivity index (χ1) is 10.9. The van der Waals surface area contributed by atoms with Gasteiger partial charge < -0.3 is 4.74 Å². The minimum Gasteiger partial charge on any atom is -0.431 e. The number of rotatable bonds is 1. The molecule has 0 aromatic carbocycles. The van der Waals surface area contributed by atoms with Gasteiger partial charge in [0, 0.05) is 12.3 Å². The molecule has 128 valence electrons. The second-order valence-corrected chi connectivity index (χ2v) is 9.26. The topological polar surface area (TPSA) is 26.3 Å². The van der Waals surface area contributed by atoms with E-state index in [9.17, 15) is 4.79 Å². The predicted octanol–water partition coefficient (Wildman–Crippen LogP) is 5.48. The molecule has 0 N–H and O–H groups in total. The van der Waals surface area contributed by atoms with Crippen molar-refractivity contribution in [3.63, 3.8) is 0 Å². The number of carbonyl (C=O) groups is 1. The fourth-order valence-electron chi connectivity index (χ4n) is 7.14. The van der Waals surface area contributed by atoms with Crippen LogP contribution in [0.15, 0.2) is 11.8 Å². The van der Waals surface area contributed by atoms with Crippen LogP contribution in [0, 0.1) is 34.5 Å². The van der Waals surface area contributed by atoms with Crippen molar-refractivity contribution in [3.05, 3.63) is 11.8 Å². The molecule has 0 saturated heterocycles. The summed E-state index contributed by atoms with van der Waals surface area (Å²) in [7, 11) is 0. The molecular weight excluding hydrogens is 284 g/mol. The van der Waals surface area contributed by atoms with E-state index in [4.69, 9.17) is 4.74 Å². The molecule has 0 spiro atoms. The van der Waals surface area contributed by atoms with Crippen molar-refractivity contribution in [3.8, 4) is 0 Å². The van der Waals surface area contributed by atoms with Crippen LogP contribution in [0.2, 0.25) is 0 Å². The fourth-order valence-corrected chi connectivity index (χ4v) is 7.14. The van der Waals surface area contributed by atoms with Gasteiger partial charge in [0.15, 0.2) is 0 Å². The second-order valence-electron chi connectivity index (χ2n) is 9.26. The molecule has 4 rings (SSSR count). The van der Waals surface area contributed by atoms with Gasteiger partial charge in [-0.15, -0.1) is 0 Å². The third-order valence-electron chi connectivity index (χ3n) is 8.35.